The zero-order valence-corrected chi connectivity index (χ0v) is 12.3. The van der Waals surface area contributed by atoms with Crippen molar-refractivity contribution in [2.45, 2.75) is 45.6 Å². The van der Waals surface area contributed by atoms with E-state index in [1.165, 1.54) is 59.8 Å². The minimum Gasteiger partial charge on any atom is -0.350 e. The fraction of sp³-hybridized carbons (Fsp3) is 0.529. The molecule has 2 aromatic rings. The van der Waals surface area contributed by atoms with Crippen LogP contribution in [-0.2, 0) is 13.5 Å². The number of aryl methyl sites for hydroxylation is 3. The molecule has 2 nitrogen and oxygen atoms in total. The summed E-state index contributed by atoms with van der Waals surface area (Å²) in [6.45, 7) is 5.60. The van der Waals surface area contributed by atoms with Crippen LogP contribution in [0.25, 0.3) is 10.9 Å². The minimum atomic E-state index is 0.667. The Bertz CT molecular complexity index is 589. The molecule has 0 saturated carbocycles. The highest BCUT2D eigenvalue weighted by atomic mass is 14.9. The molecule has 19 heavy (non-hydrogen) atoms. The SMILES string of the molecule is Cc1cc(C)c2c(c1)c(CC1CCCCN1)cn2C. The third-order valence-corrected chi connectivity index (χ3v) is 4.37. The van der Waals surface area contributed by atoms with E-state index in [1.807, 2.05) is 0 Å². The molecule has 1 aromatic heterocycles. The Morgan fingerprint density at radius 1 is 1.26 bits per heavy atom. The van der Waals surface area contributed by atoms with Gasteiger partial charge in [0.05, 0.1) is 5.52 Å². The Kier molecular flexibility index (Phi) is 3.36. The van der Waals surface area contributed by atoms with Crippen molar-refractivity contribution in [3.05, 3.63) is 35.0 Å². The highest BCUT2D eigenvalue weighted by Gasteiger charge is 2.16. The molecule has 1 aliphatic heterocycles. The zero-order valence-electron chi connectivity index (χ0n) is 12.3. The summed E-state index contributed by atoms with van der Waals surface area (Å²) < 4.78 is 2.29. The van der Waals surface area contributed by atoms with Crippen molar-refractivity contribution in [3.8, 4) is 0 Å². The molecular formula is C17H24N2. The summed E-state index contributed by atoms with van der Waals surface area (Å²) in [6.07, 6.45) is 7.53. The molecule has 1 unspecified atom stereocenters. The molecule has 1 atom stereocenters. The molecular weight excluding hydrogens is 232 g/mol. The van der Waals surface area contributed by atoms with E-state index < -0.39 is 0 Å². The molecule has 2 heteroatoms. The number of piperidine rings is 1. The maximum atomic E-state index is 3.66. The summed E-state index contributed by atoms with van der Waals surface area (Å²) >= 11 is 0. The standard InChI is InChI=1S/C17H24N2/c1-12-8-13(2)17-16(9-12)14(11-19(17)3)10-15-6-4-5-7-18-15/h8-9,11,15,18H,4-7,10H2,1-3H3. The van der Waals surface area contributed by atoms with Gasteiger partial charge in [-0.2, -0.15) is 0 Å². The van der Waals surface area contributed by atoms with E-state index in [-0.39, 0.29) is 0 Å². The molecule has 1 N–H and O–H groups in total. The second kappa shape index (κ2) is 5.01. The number of nitrogens with zero attached hydrogens (tertiary/aromatic N) is 1. The van der Waals surface area contributed by atoms with Crippen LogP contribution in [0.3, 0.4) is 0 Å². The maximum absolute atomic E-state index is 3.66. The molecule has 0 spiro atoms. The first-order valence-corrected chi connectivity index (χ1v) is 7.43. The largest absolute Gasteiger partial charge is 0.350 e. The molecule has 1 fully saturated rings. The van der Waals surface area contributed by atoms with Gasteiger partial charge >= 0.3 is 0 Å². The first kappa shape index (κ1) is 12.7. The number of hydrogen-bond donors (Lipinski definition) is 1. The molecule has 3 rings (SSSR count). The fourth-order valence-electron chi connectivity index (χ4n) is 3.57. The highest BCUT2D eigenvalue weighted by Crippen LogP contribution is 2.27. The highest BCUT2D eigenvalue weighted by molar-refractivity contribution is 5.87. The summed E-state index contributed by atoms with van der Waals surface area (Å²) in [5.41, 5.74) is 5.66. The third kappa shape index (κ3) is 2.42. The summed E-state index contributed by atoms with van der Waals surface area (Å²) in [6, 6.07) is 5.30. The van der Waals surface area contributed by atoms with E-state index >= 15 is 0 Å². The monoisotopic (exact) mass is 256 g/mol. The van der Waals surface area contributed by atoms with Crippen molar-refractivity contribution in [1.29, 1.82) is 0 Å². The van der Waals surface area contributed by atoms with Gasteiger partial charge < -0.3 is 9.88 Å². The van der Waals surface area contributed by atoms with Gasteiger partial charge in [-0.15, -0.1) is 0 Å². The Labute approximate surface area is 115 Å². The van der Waals surface area contributed by atoms with Gasteiger partial charge in [0.1, 0.15) is 0 Å². The van der Waals surface area contributed by atoms with Gasteiger partial charge in [0.15, 0.2) is 0 Å². The molecule has 0 amide bonds. The topological polar surface area (TPSA) is 17.0 Å². The lowest BCUT2D eigenvalue weighted by molar-refractivity contribution is 0.400. The van der Waals surface area contributed by atoms with Crippen LogP contribution in [-0.4, -0.2) is 17.2 Å². The van der Waals surface area contributed by atoms with Gasteiger partial charge in [-0.3, -0.25) is 0 Å². The van der Waals surface area contributed by atoms with Crippen LogP contribution < -0.4 is 5.32 Å². The summed E-state index contributed by atoms with van der Waals surface area (Å²) in [7, 11) is 2.17. The molecule has 1 saturated heterocycles. The fourth-order valence-corrected chi connectivity index (χ4v) is 3.57. The number of nitrogens with one attached hydrogen (secondary N) is 1. The molecule has 0 aliphatic carbocycles. The lowest BCUT2D eigenvalue weighted by atomic mass is 9.96. The van der Waals surface area contributed by atoms with Crippen LogP contribution in [0, 0.1) is 13.8 Å². The number of benzene rings is 1. The molecule has 1 aromatic carbocycles. The van der Waals surface area contributed by atoms with Crippen LogP contribution in [0.15, 0.2) is 18.3 Å². The maximum Gasteiger partial charge on any atom is 0.0510 e. The zero-order chi connectivity index (χ0) is 13.4. The second-order valence-electron chi connectivity index (χ2n) is 6.09. The predicted molar refractivity (Wildman–Crippen MR) is 81.7 cm³/mol. The van der Waals surface area contributed by atoms with Gasteiger partial charge in [-0.05, 0) is 56.8 Å². The van der Waals surface area contributed by atoms with Crippen LogP contribution in [0.1, 0.15) is 36.0 Å². The van der Waals surface area contributed by atoms with Gasteiger partial charge in [0.25, 0.3) is 0 Å². The van der Waals surface area contributed by atoms with Crippen LogP contribution in [0.2, 0.25) is 0 Å². The smallest absolute Gasteiger partial charge is 0.0510 e. The van der Waals surface area contributed by atoms with E-state index in [1.54, 1.807) is 0 Å². The summed E-state index contributed by atoms with van der Waals surface area (Å²) in [5.74, 6) is 0. The lowest BCUT2D eigenvalue weighted by Crippen LogP contribution is -2.35. The first-order chi connectivity index (χ1) is 9.15. The van der Waals surface area contributed by atoms with Crippen LogP contribution in [0.4, 0.5) is 0 Å². The normalized spacial score (nSPS) is 20.1. The van der Waals surface area contributed by atoms with Crippen molar-refractivity contribution in [2.24, 2.45) is 7.05 Å². The summed E-state index contributed by atoms with van der Waals surface area (Å²) in [4.78, 5) is 0. The van der Waals surface area contributed by atoms with Gasteiger partial charge in [-0.1, -0.05) is 18.1 Å². The quantitative estimate of drug-likeness (QED) is 0.870. The van der Waals surface area contributed by atoms with Crippen molar-refractivity contribution in [1.82, 2.24) is 9.88 Å². The second-order valence-corrected chi connectivity index (χ2v) is 6.09. The average Bonchev–Trinajstić information content (AvgIpc) is 2.67. The Hall–Kier alpha value is -1.28. The van der Waals surface area contributed by atoms with E-state index in [0.29, 0.717) is 6.04 Å². The van der Waals surface area contributed by atoms with Crippen molar-refractivity contribution in [3.63, 3.8) is 0 Å². The van der Waals surface area contributed by atoms with E-state index in [0.717, 1.165) is 0 Å². The van der Waals surface area contributed by atoms with Crippen molar-refractivity contribution in [2.75, 3.05) is 6.54 Å². The van der Waals surface area contributed by atoms with Crippen LogP contribution in [0.5, 0.6) is 0 Å². The molecule has 102 valence electrons. The Morgan fingerprint density at radius 3 is 2.84 bits per heavy atom. The Morgan fingerprint density at radius 2 is 2.11 bits per heavy atom. The summed E-state index contributed by atoms with van der Waals surface area (Å²) in [5, 5.41) is 5.11. The predicted octanol–water partition coefficient (Wildman–Crippen LogP) is 3.48. The van der Waals surface area contributed by atoms with Crippen molar-refractivity contribution >= 4 is 10.9 Å². The molecule has 2 heterocycles. The average molecular weight is 256 g/mol. The van der Waals surface area contributed by atoms with Gasteiger partial charge in [0.2, 0.25) is 0 Å². The third-order valence-electron chi connectivity index (χ3n) is 4.37. The van der Waals surface area contributed by atoms with Crippen molar-refractivity contribution < 1.29 is 0 Å². The van der Waals surface area contributed by atoms with Gasteiger partial charge in [-0.25, -0.2) is 0 Å². The van der Waals surface area contributed by atoms with E-state index in [2.05, 4.69) is 49.1 Å². The Balaban J connectivity index is 1.99. The van der Waals surface area contributed by atoms with Crippen LogP contribution >= 0.6 is 0 Å². The van der Waals surface area contributed by atoms with E-state index in [4.69, 9.17) is 0 Å². The number of fused-ring (bicyclic) bond motifs is 1. The molecule has 1 aliphatic rings. The molecule has 0 bridgehead atoms. The minimum absolute atomic E-state index is 0.667. The molecule has 0 radical (unpaired) electrons. The number of rotatable bonds is 2. The lowest BCUT2D eigenvalue weighted by Gasteiger charge is -2.23. The first-order valence-electron chi connectivity index (χ1n) is 7.43. The number of aromatic nitrogens is 1. The van der Waals surface area contributed by atoms with E-state index in [9.17, 15) is 0 Å². The van der Waals surface area contributed by atoms with Gasteiger partial charge in [0, 0.05) is 24.7 Å². The number of hydrogen-bond acceptors (Lipinski definition) is 1.